The first-order valence-corrected chi connectivity index (χ1v) is 8.59. The largest absolute Gasteiger partial charge is 0.460 e. The molecule has 0 radical (unpaired) electrons. The number of ether oxygens (including phenoxy) is 1. The number of carbonyl (C=O) groups is 1. The molecule has 0 rings (SSSR count). The van der Waals surface area contributed by atoms with Crippen LogP contribution in [0, 0.1) is 5.92 Å². The first-order chi connectivity index (χ1) is 9.37. The molecule has 0 bridgehead atoms. The molecule has 1 atom stereocenters. The second kappa shape index (κ2) is 11.2. The summed E-state index contributed by atoms with van der Waals surface area (Å²) >= 11 is 0. The summed E-state index contributed by atoms with van der Waals surface area (Å²) in [6, 6.07) is 0. The average Bonchev–Trinajstić information content (AvgIpc) is 2.34. The fourth-order valence-electron chi connectivity index (χ4n) is 2.28. The van der Waals surface area contributed by atoms with Gasteiger partial charge < -0.3 is 4.74 Å². The Morgan fingerprint density at radius 1 is 0.900 bits per heavy atom. The molecule has 0 fully saturated rings. The van der Waals surface area contributed by atoms with E-state index in [4.69, 9.17) is 4.74 Å². The second-order valence-electron chi connectivity index (χ2n) is 7.05. The van der Waals surface area contributed by atoms with Crippen molar-refractivity contribution in [2.24, 2.45) is 5.92 Å². The normalized spacial score (nSPS) is 13.2. The van der Waals surface area contributed by atoms with Crippen molar-refractivity contribution in [1.82, 2.24) is 0 Å². The molecule has 0 aromatic rings. The highest BCUT2D eigenvalue weighted by Crippen LogP contribution is 2.17. The predicted molar refractivity (Wildman–Crippen MR) is 86.9 cm³/mol. The van der Waals surface area contributed by atoms with E-state index in [1.54, 1.807) is 0 Å². The fraction of sp³-hybridized carbons (Fsp3) is 0.944. The maximum absolute atomic E-state index is 11.8. The molecule has 0 aliphatic heterocycles. The summed E-state index contributed by atoms with van der Waals surface area (Å²) in [6.07, 6.45) is 12.9. The summed E-state index contributed by atoms with van der Waals surface area (Å²) in [6.45, 7) is 10.0. The lowest BCUT2D eigenvalue weighted by atomic mass is 10.0. The zero-order valence-electron chi connectivity index (χ0n) is 14.5. The highest BCUT2D eigenvalue weighted by atomic mass is 16.6. The molecule has 0 aliphatic rings. The van der Waals surface area contributed by atoms with Crippen molar-refractivity contribution in [3.05, 3.63) is 0 Å². The number of carbonyl (C=O) groups excluding carboxylic acids is 1. The molecular formula is C18H36O2. The topological polar surface area (TPSA) is 26.3 Å². The molecule has 1 unspecified atom stereocenters. The van der Waals surface area contributed by atoms with Gasteiger partial charge in [-0.25, -0.2) is 0 Å². The third-order valence-electron chi connectivity index (χ3n) is 3.55. The van der Waals surface area contributed by atoms with Crippen molar-refractivity contribution >= 4 is 5.97 Å². The Hall–Kier alpha value is -0.530. The second-order valence-corrected chi connectivity index (χ2v) is 7.05. The molecule has 0 saturated heterocycles. The summed E-state index contributed by atoms with van der Waals surface area (Å²) in [5, 5.41) is 0. The van der Waals surface area contributed by atoms with Gasteiger partial charge in [-0.05, 0) is 27.2 Å². The fourth-order valence-corrected chi connectivity index (χ4v) is 2.28. The molecular weight excluding hydrogens is 248 g/mol. The smallest absolute Gasteiger partial charge is 0.309 e. The molecule has 0 aliphatic carbocycles. The Kier molecular flexibility index (Phi) is 10.9. The van der Waals surface area contributed by atoms with Crippen LogP contribution in [0.2, 0.25) is 0 Å². The van der Waals surface area contributed by atoms with Crippen LogP contribution in [0.4, 0.5) is 0 Å². The summed E-state index contributed by atoms with van der Waals surface area (Å²) in [5.41, 5.74) is -0.357. The van der Waals surface area contributed by atoms with Gasteiger partial charge in [0.05, 0.1) is 5.92 Å². The van der Waals surface area contributed by atoms with Crippen LogP contribution < -0.4 is 0 Å². The molecule has 0 spiro atoms. The Morgan fingerprint density at radius 3 is 1.80 bits per heavy atom. The van der Waals surface area contributed by atoms with Gasteiger partial charge in [-0.1, -0.05) is 71.6 Å². The van der Waals surface area contributed by atoms with Crippen molar-refractivity contribution in [3.63, 3.8) is 0 Å². The molecule has 0 aromatic carbocycles. The van der Waals surface area contributed by atoms with E-state index in [-0.39, 0.29) is 17.5 Å². The average molecular weight is 284 g/mol. The van der Waals surface area contributed by atoms with Crippen LogP contribution in [-0.2, 0) is 9.53 Å². The maximum Gasteiger partial charge on any atom is 0.309 e. The zero-order valence-corrected chi connectivity index (χ0v) is 14.5. The van der Waals surface area contributed by atoms with Crippen LogP contribution in [0.1, 0.15) is 98.8 Å². The van der Waals surface area contributed by atoms with Crippen molar-refractivity contribution in [3.8, 4) is 0 Å². The molecule has 0 heterocycles. The van der Waals surface area contributed by atoms with E-state index in [9.17, 15) is 4.79 Å². The van der Waals surface area contributed by atoms with Gasteiger partial charge in [-0.15, -0.1) is 0 Å². The van der Waals surface area contributed by atoms with Crippen molar-refractivity contribution in [2.75, 3.05) is 0 Å². The van der Waals surface area contributed by atoms with Crippen LogP contribution in [0.5, 0.6) is 0 Å². The Balaban J connectivity index is 3.44. The third kappa shape index (κ3) is 12.5. The SMILES string of the molecule is CCCCCCCCCCCC(C)C(=O)OC(C)(C)C. The molecule has 2 heteroatoms. The first kappa shape index (κ1) is 19.5. The van der Waals surface area contributed by atoms with E-state index >= 15 is 0 Å². The summed E-state index contributed by atoms with van der Waals surface area (Å²) in [7, 11) is 0. The Labute approximate surface area is 126 Å². The number of rotatable bonds is 11. The molecule has 0 N–H and O–H groups in total. The van der Waals surface area contributed by atoms with Gasteiger partial charge in [0.15, 0.2) is 0 Å². The minimum Gasteiger partial charge on any atom is -0.460 e. The quantitative estimate of drug-likeness (QED) is 0.349. The van der Waals surface area contributed by atoms with Crippen LogP contribution in [0.25, 0.3) is 0 Å². The van der Waals surface area contributed by atoms with Gasteiger partial charge in [0.25, 0.3) is 0 Å². The van der Waals surface area contributed by atoms with Gasteiger partial charge in [-0.3, -0.25) is 4.79 Å². The number of hydrogen-bond acceptors (Lipinski definition) is 2. The molecule has 20 heavy (non-hydrogen) atoms. The lowest BCUT2D eigenvalue weighted by molar-refractivity contribution is -0.159. The van der Waals surface area contributed by atoms with Crippen molar-refractivity contribution in [1.29, 1.82) is 0 Å². The van der Waals surface area contributed by atoms with Crippen LogP contribution in [0.15, 0.2) is 0 Å². The van der Waals surface area contributed by atoms with Gasteiger partial charge in [0.1, 0.15) is 5.60 Å². The minimum absolute atomic E-state index is 0.0405. The van der Waals surface area contributed by atoms with E-state index in [0.29, 0.717) is 0 Å². The molecule has 2 nitrogen and oxygen atoms in total. The maximum atomic E-state index is 11.8. The molecule has 0 saturated carbocycles. The third-order valence-corrected chi connectivity index (χ3v) is 3.55. The van der Waals surface area contributed by atoms with E-state index in [1.165, 1.54) is 51.4 Å². The summed E-state index contributed by atoms with van der Waals surface area (Å²) in [4.78, 5) is 11.8. The lowest BCUT2D eigenvalue weighted by Crippen LogP contribution is -2.27. The summed E-state index contributed by atoms with van der Waals surface area (Å²) in [5.74, 6) is -0.00385. The van der Waals surface area contributed by atoms with Gasteiger partial charge in [0, 0.05) is 0 Å². The standard InChI is InChI=1S/C18H36O2/c1-6-7-8-9-10-11-12-13-14-15-16(2)17(19)20-18(3,4)5/h16H,6-15H2,1-5H3. The van der Waals surface area contributed by atoms with Gasteiger partial charge in [-0.2, -0.15) is 0 Å². The molecule has 120 valence electrons. The van der Waals surface area contributed by atoms with Crippen LogP contribution in [-0.4, -0.2) is 11.6 Å². The predicted octanol–water partition coefficient (Wildman–Crippen LogP) is 5.89. The number of hydrogen-bond donors (Lipinski definition) is 0. The van der Waals surface area contributed by atoms with Crippen molar-refractivity contribution < 1.29 is 9.53 Å². The monoisotopic (exact) mass is 284 g/mol. The summed E-state index contributed by atoms with van der Waals surface area (Å²) < 4.78 is 5.39. The molecule has 0 amide bonds. The highest BCUT2D eigenvalue weighted by molar-refractivity contribution is 5.72. The van der Waals surface area contributed by atoms with E-state index in [2.05, 4.69) is 6.92 Å². The van der Waals surface area contributed by atoms with Crippen LogP contribution in [0.3, 0.4) is 0 Å². The number of unbranched alkanes of at least 4 members (excludes halogenated alkanes) is 8. The van der Waals surface area contributed by atoms with Gasteiger partial charge in [0.2, 0.25) is 0 Å². The Bertz CT molecular complexity index is 240. The van der Waals surface area contributed by atoms with E-state index in [0.717, 1.165) is 12.8 Å². The lowest BCUT2D eigenvalue weighted by Gasteiger charge is -2.22. The molecule has 0 aromatic heterocycles. The van der Waals surface area contributed by atoms with Crippen LogP contribution >= 0.6 is 0 Å². The number of esters is 1. The first-order valence-electron chi connectivity index (χ1n) is 8.59. The Morgan fingerprint density at radius 2 is 1.35 bits per heavy atom. The van der Waals surface area contributed by atoms with E-state index < -0.39 is 0 Å². The zero-order chi connectivity index (χ0) is 15.4. The van der Waals surface area contributed by atoms with Gasteiger partial charge >= 0.3 is 5.97 Å². The minimum atomic E-state index is -0.357. The highest BCUT2D eigenvalue weighted by Gasteiger charge is 2.20. The van der Waals surface area contributed by atoms with Crippen molar-refractivity contribution in [2.45, 2.75) is 104 Å². The van der Waals surface area contributed by atoms with E-state index in [1.807, 2.05) is 27.7 Å².